The van der Waals surface area contributed by atoms with Crippen LogP contribution in [0.15, 0.2) is 53.4 Å². The van der Waals surface area contributed by atoms with Crippen molar-refractivity contribution < 1.29 is 27.9 Å². The summed E-state index contributed by atoms with van der Waals surface area (Å²) in [5.74, 6) is -1.10. The lowest BCUT2D eigenvalue weighted by Gasteiger charge is -2.11. The Balaban J connectivity index is 1.98. The van der Waals surface area contributed by atoms with Gasteiger partial charge in [-0.05, 0) is 30.3 Å². The van der Waals surface area contributed by atoms with E-state index in [0.29, 0.717) is 5.75 Å². The molecule has 3 N–H and O–H groups in total. The SMILES string of the molecule is O=C(O)CCNC(=O)c1cc(S(=O)(=O)NCCOc2ccccc2)ccc1Cl. The molecule has 150 valence electrons. The molecule has 1 amide bonds. The summed E-state index contributed by atoms with van der Waals surface area (Å²) in [5, 5.41) is 11.0. The van der Waals surface area contributed by atoms with E-state index < -0.39 is 21.9 Å². The molecule has 0 saturated carbocycles. The molecule has 10 heteroatoms. The number of halogens is 1. The van der Waals surface area contributed by atoms with Crippen LogP contribution in [0.25, 0.3) is 0 Å². The second-order valence-electron chi connectivity index (χ2n) is 5.60. The van der Waals surface area contributed by atoms with Crippen LogP contribution >= 0.6 is 11.6 Å². The molecule has 0 heterocycles. The predicted molar refractivity (Wildman–Crippen MR) is 103 cm³/mol. The van der Waals surface area contributed by atoms with E-state index in [9.17, 15) is 18.0 Å². The molecule has 0 aliphatic rings. The molecule has 0 fully saturated rings. The highest BCUT2D eigenvalue weighted by molar-refractivity contribution is 7.89. The fourth-order valence-corrected chi connectivity index (χ4v) is 3.41. The lowest BCUT2D eigenvalue weighted by atomic mass is 10.2. The number of hydrogen-bond donors (Lipinski definition) is 3. The summed E-state index contributed by atoms with van der Waals surface area (Å²) in [7, 11) is -3.88. The van der Waals surface area contributed by atoms with Crippen molar-refractivity contribution in [3.8, 4) is 5.75 Å². The Bertz CT molecular complexity index is 934. The Labute approximate surface area is 167 Å². The van der Waals surface area contributed by atoms with Crippen LogP contribution in [0.3, 0.4) is 0 Å². The molecule has 0 radical (unpaired) electrons. The maximum atomic E-state index is 12.4. The maximum absolute atomic E-state index is 12.4. The zero-order valence-electron chi connectivity index (χ0n) is 14.7. The summed E-state index contributed by atoms with van der Waals surface area (Å²) >= 11 is 5.96. The number of rotatable bonds is 10. The van der Waals surface area contributed by atoms with Crippen LogP contribution in [0.4, 0.5) is 0 Å². The number of aliphatic carboxylic acids is 1. The van der Waals surface area contributed by atoms with Gasteiger partial charge in [-0.15, -0.1) is 0 Å². The number of ether oxygens (including phenoxy) is 1. The van der Waals surface area contributed by atoms with Crippen LogP contribution in [0.1, 0.15) is 16.8 Å². The number of amides is 1. The third-order valence-corrected chi connectivity index (χ3v) is 5.31. The van der Waals surface area contributed by atoms with Gasteiger partial charge in [0.2, 0.25) is 10.0 Å². The van der Waals surface area contributed by atoms with Crippen molar-refractivity contribution in [2.45, 2.75) is 11.3 Å². The fraction of sp³-hybridized carbons (Fsp3) is 0.222. The fourth-order valence-electron chi connectivity index (χ4n) is 2.17. The molecular weight excluding hydrogens is 408 g/mol. The smallest absolute Gasteiger partial charge is 0.305 e. The monoisotopic (exact) mass is 426 g/mol. The summed E-state index contributed by atoms with van der Waals surface area (Å²) in [4.78, 5) is 22.5. The first kappa shape index (κ1) is 21.7. The minimum absolute atomic E-state index is 0.0278. The molecule has 28 heavy (non-hydrogen) atoms. The van der Waals surface area contributed by atoms with Crippen molar-refractivity contribution in [1.29, 1.82) is 0 Å². The molecule has 0 spiro atoms. The summed E-state index contributed by atoms with van der Waals surface area (Å²) in [6, 6.07) is 12.7. The maximum Gasteiger partial charge on any atom is 0.305 e. The van der Waals surface area contributed by atoms with E-state index in [2.05, 4.69) is 10.0 Å². The van der Waals surface area contributed by atoms with Gasteiger partial charge in [-0.3, -0.25) is 9.59 Å². The number of hydrogen-bond acceptors (Lipinski definition) is 5. The van der Waals surface area contributed by atoms with Gasteiger partial charge in [0, 0.05) is 13.1 Å². The standard InChI is InChI=1S/C18H19ClN2O6S/c19-16-7-6-14(12-15(16)18(24)20-9-8-17(22)23)28(25,26)21-10-11-27-13-4-2-1-3-5-13/h1-7,12,21H,8-11H2,(H,20,24)(H,22,23). The van der Waals surface area contributed by atoms with E-state index >= 15 is 0 Å². The Hall–Kier alpha value is -2.62. The lowest BCUT2D eigenvalue weighted by Crippen LogP contribution is -2.29. The summed E-state index contributed by atoms with van der Waals surface area (Å²) < 4.78 is 32.6. The Morgan fingerprint density at radius 1 is 1.07 bits per heavy atom. The van der Waals surface area contributed by atoms with Crippen molar-refractivity contribution in [2.24, 2.45) is 0 Å². The number of nitrogens with one attached hydrogen (secondary N) is 2. The molecule has 8 nitrogen and oxygen atoms in total. The van der Waals surface area contributed by atoms with E-state index in [1.165, 1.54) is 12.1 Å². The van der Waals surface area contributed by atoms with Crippen LogP contribution in [0.2, 0.25) is 5.02 Å². The van der Waals surface area contributed by atoms with E-state index in [-0.39, 0.29) is 41.6 Å². The molecule has 2 aromatic rings. The van der Waals surface area contributed by atoms with Crippen LogP contribution < -0.4 is 14.8 Å². The molecule has 0 bridgehead atoms. The van der Waals surface area contributed by atoms with Crippen molar-refractivity contribution in [3.05, 3.63) is 59.1 Å². The summed E-state index contributed by atoms with van der Waals surface area (Å²) in [6.07, 6.45) is -0.260. The molecule has 2 rings (SSSR count). The number of sulfonamides is 1. The van der Waals surface area contributed by atoms with Crippen LogP contribution in [-0.2, 0) is 14.8 Å². The van der Waals surface area contributed by atoms with Gasteiger partial charge < -0.3 is 15.2 Å². The van der Waals surface area contributed by atoms with Crippen LogP contribution in [-0.4, -0.2) is 45.1 Å². The zero-order valence-corrected chi connectivity index (χ0v) is 16.3. The van der Waals surface area contributed by atoms with Crippen molar-refractivity contribution in [3.63, 3.8) is 0 Å². The zero-order chi connectivity index (χ0) is 20.6. The molecular formula is C18H19ClN2O6S. The van der Waals surface area contributed by atoms with Crippen molar-refractivity contribution >= 4 is 33.5 Å². The quantitative estimate of drug-likeness (QED) is 0.499. The third kappa shape index (κ3) is 6.52. The van der Waals surface area contributed by atoms with E-state index in [4.69, 9.17) is 21.4 Å². The van der Waals surface area contributed by atoms with Gasteiger partial charge in [-0.2, -0.15) is 0 Å². The van der Waals surface area contributed by atoms with E-state index in [1.54, 1.807) is 24.3 Å². The number of carboxylic acids is 1. The molecule has 0 saturated heterocycles. The van der Waals surface area contributed by atoms with Crippen molar-refractivity contribution in [2.75, 3.05) is 19.7 Å². The number of carboxylic acid groups (broad SMARTS) is 1. The van der Waals surface area contributed by atoms with Gasteiger partial charge >= 0.3 is 5.97 Å². The molecule has 0 aromatic heterocycles. The second-order valence-corrected chi connectivity index (χ2v) is 7.77. The summed E-state index contributed by atoms with van der Waals surface area (Å²) in [6.45, 7) is 0.0515. The largest absolute Gasteiger partial charge is 0.492 e. The van der Waals surface area contributed by atoms with E-state index in [1.807, 2.05) is 6.07 Å². The van der Waals surface area contributed by atoms with Gasteiger partial charge in [0.15, 0.2) is 0 Å². The molecule has 2 aromatic carbocycles. The van der Waals surface area contributed by atoms with Crippen LogP contribution in [0.5, 0.6) is 5.75 Å². The van der Waals surface area contributed by atoms with Gasteiger partial charge in [-0.1, -0.05) is 29.8 Å². The third-order valence-electron chi connectivity index (χ3n) is 3.52. The first-order valence-electron chi connectivity index (χ1n) is 8.26. The molecule has 0 aliphatic carbocycles. The average molecular weight is 427 g/mol. The summed E-state index contributed by atoms with van der Waals surface area (Å²) in [5.41, 5.74) is -0.0598. The topological polar surface area (TPSA) is 122 Å². The molecule has 0 aliphatic heterocycles. The molecule has 0 unspecified atom stereocenters. The number of para-hydroxylation sites is 1. The number of carbonyl (C=O) groups is 2. The predicted octanol–water partition coefficient (Wildman–Crippen LogP) is 1.90. The van der Waals surface area contributed by atoms with E-state index in [0.717, 1.165) is 6.07 Å². The Morgan fingerprint density at radius 2 is 1.79 bits per heavy atom. The normalized spacial score (nSPS) is 11.0. The highest BCUT2D eigenvalue weighted by Crippen LogP contribution is 2.20. The molecule has 0 atom stereocenters. The number of carbonyl (C=O) groups excluding carboxylic acids is 1. The average Bonchev–Trinajstić information content (AvgIpc) is 2.66. The lowest BCUT2D eigenvalue weighted by molar-refractivity contribution is -0.136. The van der Waals surface area contributed by atoms with Gasteiger partial charge in [0.1, 0.15) is 12.4 Å². The highest BCUT2D eigenvalue weighted by Gasteiger charge is 2.18. The van der Waals surface area contributed by atoms with Crippen molar-refractivity contribution in [1.82, 2.24) is 10.0 Å². The highest BCUT2D eigenvalue weighted by atomic mass is 35.5. The second kappa shape index (κ2) is 10.1. The first-order valence-corrected chi connectivity index (χ1v) is 10.1. The Morgan fingerprint density at radius 3 is 2.46 bits per heavy atom. The van der Waals surface area contributed by atoms with Gasteiger partial charge in [-0.25, -0.2) is 13.1 Å². The first-order chi connectivity index (χ1) is 13.3. The Kier molecular flexibility index (Phi) is 7.80. The minimum atomic E-state index is -3.88. The number of benzene rings is 2. The van der Waals surface area contributed by atoms with Gasteiger partial charge in [0.05, 0.1) is 21.9 Å². The van der Waals surface area contributed by atoms with Crippen LogP contribution in [0, 0.1) is 0 Å². The minimum Gasteiger partial charge on any atom is -0.492 e. The van der Waals surface area contributed by atoms with Gasteiger partial charge in [0.25, 0.3) is 5.91 Å².